The quantitative estimate of drug-likeness (QED) is 0.377. The predicted molar refractivity (Wildman–Crippen MR) is 150 cm³/mol. The molecule has 3 aliphatic rings. The summed E-state index contributed by atoms with van der Waals surface area (Å²) in [7, 11) is 0. The molecule has 3 fully saturated rings. The normalized spacial score (nSPS) is 23.9. The third-order valence-corrected chi connectivity index (χ3v) is 8.34. The molecular weight excluding hydrogens is 554 g/mol. The minimum Gasteiger partial charge on any atom is -0.367 e. The lowest BCUT2D eigenvalue weighted by atomic mass is 10.0. The van der Waals surface area contributed by atoms with Crippen LogP contribution in [0.5, 0.6) is 0 Å². The number of H-pyrrole nitrogens is 1. The molecule has 9 nitrogen and oxygen atoms in total. The van der Waals surface area contributed by atoms with Crippen molar-refractivity contribution in [2.24, 2.45) is 0 Å². The number of anilines is 3. The fraction of sp³-hybridized carbons (Fsp3) is 0.448. The number of nitrogens with zero attached hydrogens (tertiary/aromatic N) is 4. The third kappa shape index (κ3) is 5.33. The van der Waals surface area contributed by atoms with Crippen LogP contribution in [0.15, 0.2) is 41.6 Å². The largest absolute Gasteiger partial charge is 0.417 e. The fourth-order valence-electron chi connectivity index (χ4n) is 6.59. The standard InChI is InChI=1S/C29H31F4N7O2/c1-15-13-39(14-16(2)37-15)25-9-23(30)20(17-10-35-28(36-11-17)40-18-3-4-19(40)6-5-18)7-24(25)38-27(42)21-12-34-26(41)8-22(21)29(31,32)33/h7-12,15-16,18-19,37H,3-6,13-14H2,1-2H3,(H,34,41)(H,38,42)/t15-,16+,18?,19?. The molecule has 6 rings (SSSR count). The van der Waals surface area contributed by atoms with Gasteiger partial charge in [0, 0.05) is 73.0 Å². The maximum absolute atomic E-state index is 15.7. The Labute approximate surface area is 239 Å². The molecule has 2 atom stereocenters. The zero-order valence-electron chi connectivity index (χ0n) is 23.1. The van der Waals surface area contributed by atoms with E-state index in [0.29, 0.717) is 48.4 Å². The summed E-state index contributed by atoms with van der Waals surface area (Å²) in [6.45, 7) is 4.89. The molecule has 5 heterocycles. The second-order valence-electron chi connectivity index (χ2n) is 11.4. The van der Waals surface area contributed by atoms with Crippen LogP contribution in [0.25, 0.3) is 11.1 Å². The van der Waals surface area contributed by atoms with Crippen LogP contribution in [0, 0.1) is 5.82 Å². The monoisotopic (exact) mass is 585 g/mol. The number of hydrogen-bond acceptors (Lipinski definition) is 7. The summed E-state index contributed by atoms with van der Waals surface area (Å²) >= 11 is 0. The molecule has 3 saturated heterocycles. The van der Waals surface area contributed by atoms with Gasteiger partial charge >= 0.3 is 6.18 Å². The first kappa shape index (κ1) is 28.1. The molecule has 2 bridgehead atoms. The van der Waals surface area contributed by atoms with Gasteiger partial charge in [0.15, 0.2) is 0 Å². The molecule has 42 heavy (non-hydrogen) atoms. The molecule has 3 aliphatic heterocycles. The SMILES string of the molecule is C[C@@H]1CN(c2cc(F)c(-c3cnc(N4C5CCC4CC5)nc3)cc2NC(=O)c2c[nH]c(=O)cc2C(F)(F)F)C[C@H](C)N1. The fourth-order valence-corrected chi connectivity index (χ4v) is 6.59. The molecule has 222 valence electrons. The van der Waals surface area contributed by atoms with Gasteiger partial charge in [-0.2, -0.15) is 13.2 Å². The van der Waals surface area contributed by atoms with Gasteiger partial charge in [-0.25, -0.2) is 14.4 Å². The lowest BCUT2D eigenvalue weighted by molar-refractivity contribution is -0.138. The molecule has 0 spiro atoms. The van der Waals surface area contributed by atoms with E-state index in [9.17, 15) is 22.8 Å². The number of alkyl halides is 3. The smallest absolute Gasteiger partial charge is 0.367 e. The van der Waals surface area contributed by atoms with Crippen molar-refractivity contribution in [3.63, 3.8) is 0 Å². The maximum atomic E-state index is 15.7. The topological polar surface area (TPSA) is 106 Å². The Morgan fingerprint density at radius 1 is 1.00 bits per heavy atom. The van der Waals surface area contributed by atoms with E-state index in [1.54, 1.807) is 0 Å². The van der Waals surface area contributed by atoms with Crippen LogP contribution in [0.2, 0.25) is 0 Å². The van der Waals surface area contributed by atoms with E-state index in [-0.39, 0.29) is 23.3 Å². The third-order valence-electron chi connectivity index (χ3n) is 8.34. The second kappa shape index (κ2) is 10.7. The number of rotatable bonds is 5. The molecule has 0 saturated carbocycles. The van der Waals surface area contributed by atoms with E-state index < -0.39 is 34.6 Å². The van der Waals surface area contributed by atoms with E-state index in [2.05, 4.69) is 30.5 Å². The van der Waals surface area contributed by atoms with Gasteiger partial charge in [-0.1, -0.05) is 0 Å². The van der Waals surface area contributed by atoms with Crippen LogP contribution >= 0.6 is 0 Å². The number of hydrogen-bond donors (Lipinski definition) is 3. The number of aromatic amines is 1. The van der Waals surface area contributed by atoms with Crippen LogP contribution in [0.4, 0.5) is 34.9 Å². The van der Waals surface area contributed by atoms with E-state index in [1.165, 1.54) is 24.5 Å². The van der Waals surface area contributed by atoms with Crippen molar-refractivity contribution in [2.75, 3.05) is 28.2 Å². The summed E-state index contributed by atoms with van der Waals surface area (Å²) in [5.74, 6) is -1.08. The average molecular weight is 586 g/mol. The van der Waals surface area contributed by atoms with Crippen molar-refractivity contribution in [3.8, 4) is 11.1 Å². The van der Waals surface area contributed by atoms with Crippen LogP contribution in [0.3, 0.4) is 0 Å². The van der Waals surface area contributed by atoms with E-state index in [1.807, 2.05) is 18.7 Å². The molecule has 2 aromatic heterocycles. The Kier molecular flexibility index (Phi) is 7.16. The molecule has 0 radical (unpaired) electrons. The number of carbonyl (C=O) groups excluding carboxylic acids is 1. The maximum Gasteiger partial charge on any atom is 0.417 e. The number of fused-ring (bicyclic) bond motifs is 2. The van der Waals surface area contributed by atoms with Crippen molar-refractivity contribution >= 4 is 23.2 Å². The lowest BCUT2D eigenvalue weighted by Crippen LogP contribution is -2.54. The molecule has 3 aromatic rings. The van der Waals surface area contributed by atoms with Crippen molar-refractivity contribution in [1.29, 1.82) is 0 Å². The summed E-state index contributed by atoms with van der Waals surface area (Å²) < 4.78 is 56.8. The lowest BCUT2D eigenvalue weighted by Gasteiger charge is -2.38. The van der Waals surface area contributed by atoms with Gasteiger partial charge < -0.3 is 25.4 Å². The summed E-state index contributed by atoms with van der Waals surface area (Å²) in [5.41, 5.74) is -2.19. The Bertz CT molecular complexity index is 1530. The van der Waals surface area contributed by atoms with Gasteiger partial charge in [0.25, 0.3) is 5.91 Å². The minimum absolute atomic E-state index is 0.0397. The summed E-state index contributed by atoms with van der Waals surface area (Å²) in [6.07, 6.45) is 3.26. The second-order valence-corrected chi connectivity index (χ2v) is 11.4. The van der Waals surface area contributed by atoms with E-state index >= 15 is 4.39 Å². The Morgan fingerprint density at radius 3 is 2.21 bits per heavy atom. The molecule has 1 amide bonds. The molecule has 3 N–H and O–H groups in total. The van der Waals surface area contributed by atoms with Crippen molar-refractivity contribution < 1.29 is 22.4 Å². The Hall–Kier alpha value is -4.00. The molecule has 0 unspecified atom stereocenters. The van der Waals surface area contributed by atoms with Gasteiger partial charge in [0.1, 0.15) is 5.82 Å². The van der Waals surface area contributed by atoms with Crippen LogP contribution in [-0.4, -0.2) is 58.1 Å². The number of benzene rings is 1. The highest BCUT2D eigenvalue weighted by molar-refractivity contribution is 6.07. The molecule has 0 aliphatic carbocycles. The van der Waals surface area contributed by atoms with Crippen LogP contribution < -0.4 is 26.0 Å². The highest BCUT2D eigenvalue weighted by atomic mass is 19.4. The first-order valence-electron chi connectivity index (χ1n) is 14.0. The summed E-state index contributed by atoms with van der Waals surface area (Å²) in [4.78, 5) is 40.2. The van der Waals surface area contributed by atoms with Crippen LogP contribution in [-0.2, 0) is 6.18 Å². The van der Waals surface area contributed by atoms with E-state index in [0.717, 1.165) is 31.9 Å². The Balaban J connectivity index is 1.38. The first-order chi connectivity index (χ1) is 20.0. The van der Waals surface area contributed by atoms with Gasteiger partial charge in [-0.3, -0.25) is 9.59 Å². The van der Waals surface area contributed by atoms with Crippen molar-refractivity contribution in [1.82, 2.24) is 20.3 Å². The Morgan fingerprint density at radius 2 is 1.62 bits per heavy atom. The zero-order chi connectivity index (χ0) is 29.8. The highest BCUT2D eigenvalue weighted by Crippen LogP contribution is 2.40. The van der Waals surface area contributed by atoms with E-state index in [4.69, 9.17) is 0 Å². The van der Waals surface area contributed by atoms with Crippen molar-refractivity contribution in [2.45, 2.75) is 69.9 Å². The van der Waals surface area contributed by atoms with Gasteiger partial charge in [0.2, 0.25) is 11.5 Å². The number of pyridine rings is 1. The number of amides is 1. The van der Waals surface area contributed by atoms with Crippen molar-refractivity contribution in [3.05, 3.63) is 64.1 Å². The number of nitrogens with one attached hydrogen (secondary N) is 3. The molecular formula is C29H31F4N7O2. The molecule has 1 aromatic carbocycles. The van der Waals surface area contributed by atoms with Gasteiger partial charge in [-0.05, 0) is 51.7 Å². The van der Waals surface area contributed by atoms with Gasteiger partial charge in [0.05, 0.1) is 22.5 Å². The zero-order valence-corrected chi connectivity index (χ0v) is 23.1. The summed E-state index contributed by atoms with van der Waals surface area (Å²) in [6, 6.07) is 3.93. The number of carbonyl (C=O) groups is 1. The summed E-state index contributed by atoms with van der Waals surface area (Å²) in [5, 5.41) is 5.94. The van der Waals surface area contributed by atoms with Gasteiger partial charge in [-0.15, -0.1) is 0 Å². The number of aromatic nitrogens is 3. The minimum atomic E-state index is -4.94. The average Bonchev–Trinajstić information content (AvgIpc) is 3.53. The highest BCUT2D eigenvalue weighted by Gasteiger charge is 2.41. The first-order valence-corrected chi connectivity index (χ1v) is 14.0. The molecule has 13 heteroatoms. The number of halogens is 4. The number of piperazine rings is 1. The van der Waals surface area contributed by atoms with Crippen LogP contribution in [0.1, 0.15) is 55.5 Å². The predicted octanol–water partition coefficient (Wildman–Crippen LogP) is 4.56.